The Labute approximate surface area is 206 Å². The third kappa shape index (κ3) is 4.44. The number of likely N-dealkylation sites (tertiary alicyclic amines) is 1. The Kier molecular flexibility index (Phi) is 6.22. The van der Waals surface area contributed by atoms with Crippen LogP contribution in [0, 0.1) is 10.1 Å². The van der Waals surface area contributed by atoms with Gasteiger partial charge in [0.1, 0.15) is 6.04 Å². The molecule has 0 aliphatic carbocycles. The largest absolute Gasteiger partial charge is 0.494 e. The average Bonchev–Trinajstić information content (AvgIpc) is 3.51. The van der Waals surface area contributed by atoms with Gasteiger partial charge < -0.3 is 15.2 Å². The summed E-state index contributed by atoms with van der Waals surface area (Å²) < 4.78 is 0. The molecule has 1 atom stereocenters. The molecule has 3 N–H and O–H groups in total. The van der Waals surface area contributed by atoms with E-state index in [9.17, 15) is 25.1 Å². The molecule has 4 aromatic rings. The van der Waals surface area contributed by atoms with Crippen LogP contribution in [-0.2, 0) is 4.79 Å². The molecule has 1 fully saturated rings. The van der Waals surface area contributed by atoms with Crippen molar-refractivity contribution in [3.8, 4) is 5.88 Å². The fourth-order valence-corrected chi connectivity index (χ4v) is 4.75. The average molecular weight is 485 g/mol. The molecule has 2 heterocycles. The molecule has 3 aromatic carbocycles. The van der Waals surface area contributed by atoms with Gasteiger partial charge in [-0.1, -0.05) is 42.5 Å². The van der Waals surface area contributed by atoms with Crippen LogP contribution in [0.3, 0.4) is 0 Å². The number of nitrogens with one attached hydrogen (secondary N) is 1. The van der Waals surface area contributed by atoms with Gasteiger partial charge in [0, 0.05) is 28.6 Å². The van der Waals surface area contributed by atoms with E-state index in [-0.39, 0.29) is 11.6 Å². The number of carboxylic acids is 1. The van der Waals surface area contributed by atoms with Gasteiger partial charge in [0.2, 0.25) is 0 Å². The van der Waals surface area contributed by atoms with Gasteiger partial charge in [0.25, 0.3) is 5.69 Å². The second-order valence-corrected chi connectivity index (χ2v) is 8.74. The minimum Gasteiger partial charge on any atom is -0.494 e. The number of aromatic amines is 1. The second kappa shape index (κ2) is 9.63. The summed E-state index contributed by atoms with van der Waals surface area (Å²) in [6.07, 6.45) is 1.97. The Balaban J connectivity index is 1.61. The van der Waals surface area contributed by atoms with Crippen molar-refractivity contribution in [1.82, 2.24) is 9.88 Å². The summed E-state index contributed by atoms with van der Waals surface area (Å²) in [6, 6.07) is 19.9. The number of aliphatic imine (C=N–C) groups is 1. The van der Waals surface area contributed by atoms with Crippen molar-refractivity contribution in [2.45, 2.75) is 18.9 Å². The molecule has 0 radical (unpaired) electrons. The summed E-state index contributed by atoms with van der Waals surface area (Å²) in [5.41, 5.74) is 3.18. The quantitative estimate of drug-likeness (QED) is 0.188. The Hall–Kier alpha value is -4.50. The number of nitrogens with zero attached hydrogens (tertiary/aromatic N) is 3. The SMILES string of the molecule is O=C(O)C(c1ccc(N=C(c2ccccc2)c2c(O)[nH]c3ccc([N+](=O)[O-])cc23)cc1)N1CCCC1. The van der Waals surface area contributed by atoms with Crippen LogP contribution in [0.5, 0.6) is 5.88 Å². The standard InChI is InChI=1S/C27H24N4O5/c32-26-23(21-16-20(31(35)36)12-13-22(21)29-26)24(17-6-2-1-3-7-17)28-19-10-8-18(9-11-19)25(27(33)34)30-14-4-5-15-30/h1-3,6-13,16,25,29,32H,4-5,14-15H2,(H,33,34). The van der Waals surface area contributed by atoms with Crippen molar-refractivity contribution in [2.75, 3.05) is 13.1 Å². The lowest BCUT2D eigenvalue weighted by Gasteiger charge is -2.24. The zero-order valence-corrected chi connectivity index (χ0v) is 19.3. The summed E-state index contributed by atoms with van der Waals surface area (Å²) >= 11 is 0. The maximum Gasteiger partial charge on any atom is 0.325 e. The molecule has 182 valence electrons. The normalized spacial score (nSPS) is 15.3. The topological polar surface area (TPSA) is 132 Å². The Morgan fingerprint density at radius 1 is 1.03 bits per heavy atom. The van der Waals surface area contributed by atoms with Gasteiger partial charge in [-0.15, -0.1) is 0 Å². The smallest absolute Gasteiger partial charge is 0.325 e. The number of carboxylic acid groups (broad SMARTS) is 1. The van der Waals surface area contributed by atoms with Crippen LogP contribution in [0.2, 0.25) is 0 Å². The van der Waals surface area contributed by atoms with Crippen molar-refractivity contribution in [1.29, 1.82) is 0 Å². The van der Waals surface area contributed by atoms with E-state index in [2.05, 4.69) is 4.98 Å². The van der Waals surface area contributed by atoms with E-state index in [1.165, 1.54) is 12.1 Å². The lowest BCUT2D eigenvalue weighted by atomic mass is 10.00. The molecular formula is C27H24N4O5. The van der Waals surface area contributed by atoms with Crippen LogP contribution in [0.25, 0.3) is 10.9 Å². The number of fused-ring (bicyclic) bond motifs is 1. The van der Waals surface area contributed by atoms with Crippen LogP contribution < -0.4 is 0 Å². The maximum atomic E-state index is 12.0. The van der Waals surface area contributed by atoms with Crippen molar-refractivity contribution >= 4 is 34.0 Å². The first-order valence-corrected chi connectivity index (χ1v) is 11.6. The Morgan fingerprint density at radius 2 is 1.72 bits per heavy atom. The summed E-state index contributed by atoms with van der Waals surface area (Å²) in [5.74, 6) is -1.03. The third-order valence-corrected chi connectivity index (χ3v) is 6.45. The van der Waals surface area contributed by atoms with Gasteiger partial charge >= 0.3 is 5.97 Å². The number of aromatic hydroxyl groups is 1. The zero-order chi connectivity index (χ0) is 25.2. The molecule has 9 nitrogen and oxygen atoms in total. The summed E-state index contributed by atoms with van der Waals surface area (Å²) in [5, 5.41) is 32.5. The van der Waals surface area contributed by atoms with Crippen molar-refractivity contribution in [2.24, 2.45) is 4.99 Å². The van der Waals surface area contributed by atoms with E-state index in [4.69, 9.17) is 4.99 Å². The van der Waals surface area contributed by atoms with Gasteiger partial charge in [-0.2, -0.15) is 0 Å². The first-order valence-electron chi connectivity index (χ1n) is 11.6. The molecule has 36 heavy (non-hydrogen) atoms. The van der Waals surface area contributed by atoms with E-state index in [1.54, 1.807) is 30.3 Å². The number of aliphatic carboxylic acids is 1. The molecule has 1 aliphatic rings. The van der Waals surface area contributed by atoms with E-state index in [0.29, 0.717) is 39.0 Å². The van der Waals surface area contributed by atoms with Crippen LogP contribution in [0.15, 0.2) is 77.8 Å². The van der Waals surface area contributed by atoms with Gasteiger partial charge in [-0.05, 0) is 49.7 Å². The summed E-state index contributed by atoms with van der Waals surface area (Å²) in [7, 11) is 0. The second-order valence-electron chi connectivity index (χ2n) is 8.74. The highest BCUT2D eigenvalue weighted by molar-refractivity contribution is 6.22. The lowest BCUT2D eigenvalue weighted by Crippen LogP contribution is -2.31. The molecule has 5 rings (SSSR count). The van der Waals surface area contributed by atoms with E-state index >= 15 is 0 Å². The number of nitro groups is 1. The monoisotopic (exact) mass is 484 g/mol. The molecule has 0 saturated carbocycles. The highest BCUT2D eigenvalue weighted by Crippen LogP contribution is 2.34. The number of benzene rings is 3. The van der Waals surface area contributed by atoms with Crippen molar-refractivity contribution < 1.29 is 19.9 Å². The highest BCUT2D eigenvalue weighted by atomic mass is 16.6. The number of H-pyrrole nitrogens is 1. The zero-order valence-electron chi connectivity index (χ0n) is 19.3. The molecular weight excluding hydrogens is 460 g/mol. The van der Waals surface area contributed by atoms with Gasteiger partial charge in [0.15, 0.2) is 5.88 Å². The molecule has 1 unspecified atom stereocenters. The number of non-ortho nitro benzene ring substituents is 1. The maximum absolute atomic E-state index is 12.0. The van der Waals surface area contributed by atoms with Gasteiger partial charge in [-0.25, -0.2) is 4.99 Å². The van der Waals surface area contributed by atoms with Crippen molar-refractivity contribution in [3.05, 3.63) is 99.6 Å². The molecule has 1 aromatic heterocycles. The van der Waals surface area contributed by atoms with Crippen LogP contribution in [0.4, 0.5) is 11.4 Å². The molecule has 1 saturated heterocycles. The molecule has 1 aliphatic heterocycles. The lowest BCUT2D eigenvalue weighted by molar-refractivity contribution is -0.384. The van der Waals surface area contributed by atoms with E-state index in [0.717, 1.165) is 25.9 Å². The number of aromatic nitrogens is 1. The van der Waals surface area contributed by atoms with E-state index in [1.807, 2.05) is 35.2 Å². The summed E-state index contributed by atoms with van der Waals surface area (Å²) in [4.78, 5) is 32.5. The Morgan fingerprint density at radius 3 is 2.36 bits per heavy atom. The number of hydrogen-bond donors (Lipinski definition) is 3. The first kappa shape index (κ1) is 23.3. The predicted octanol–water partition coefficient (Wildman–Crippen LogP) is 5.17. The highest BCUT2D eigenvalue weighted by Gasteiger charge is 2.29. The minimum atomic E-state index is -0.886. The number of hydrogen-bond acceptors (Lipinski definition) is 6. The van der Waals surface area contributed by atoms with Gasteiger partial charge in [0.05, 0.1) is 21.9 Å². The number of nitro benzene ring substituents is 1. The van der Waals surface area contributed by atoms with Crippen molar-refractivity contribution in [3.63, 3.8) is 0 Å². The van der Waals surface area contributed by atoms with Crippen LogP contribution in [0.1, 0.15) is 35.6 Å². The van der Waals surface area contributed by atoms with Crippen LogP contribution in [-0.4, -0.2) is 49.8 Å². The minimum absolute atomic E-state index is 0.0962. The third-order valence-electron chi connectivity index (χ3n) is 6.45. The fraction of sp³-hybridized carbons (Fsp3) is 0.185. The van der Waals surface area contributed by atoms with Gasteiger partial charge in [-0.3, -0.25) is 19.8 Å². The Bertz CT molecular complexity index is 1460. The molecule has 0 amide bonds. The predicted molar refractivity (Wildman–Crippen MR) is 136 cm³/mol. The molecule has 9 heteroatoms. The molecule has 0 spiro atoms. The summed E-state index contributed by atoms with van der Waals surface area (Å²) in [6.45, 7) is 1.50. The fourth-order valence-electron chi connectivity index (χ4n) is 4.75. The number of rotatable bonds is 7. The number of carbonyl (C=O) groups is 1. The van der Waals surface area contributed by atoms with E-state index < -0.39 is 16.9 Å². The molecule has 0 bridgehead atoms. The van der Waals surface area contributed by atoms with Crippen LogP contribution >= 0.6 is 0 Å². The first-order chi connectivity index (χ1) is 17.4.